The molecule has 0 aliphatic heterocycles. The molecule has 3 rings (SSSR count). The van der Waals surface area contributed by atoms with Gasteiger partial charge in [-0.3, -0.25) is 4.79 Å². The van der Waals surface area contributed by atoms with Crippen LogP contribution in [-0.2, 0) is 0 Å². The van der Waals surface area contributed by atoms with Crippen molar-refractivity contribution in [2.75, 3.05) is 13.2 Å². The molecule has 0 fully saturated rings. The normalized spacial score (nSPS) is 10.9. The molecule has 25 heavy (non-hydrogen) atoms. The van der Waals surface area contributed by atoms with Crippen LogP contribution in [0, 0.1) is 13.8 Å². The summed E-state index contributed by atoms with van der Waals surface area (Å²) < 4.78 is 17.0. The third-order valence-corrected chi connectivity index (χ3v) is 4.12. The third kappa shape index (κ3) is 3.25. The summed E-state index contributed by atoms with van der Waals surface area (Å²) in [6, 6.07) is 11.3. The summed E-state index contributed by atoms with van der Waals surface area (Å²) in [5.74, 6) is 2.79. The highest BCUT2D eigenvalue weighted by molar-refractivity contribution is 5.92. The van der Waals surface area contributed by atoms with Crippen molar-refractivity contribution in [1.82, 2.24) is 0 Å². The second-order valence-corrected chi connectivity index (χ2v) is 5.83. The molecule has 3 aromatic rings. The van der Waals surface area contributed by atoms with Crippen LogP contribution in [0.2, 0.25) is 0 Å². The largest absolute Gasteiger partial charge is 0.494 e. The Balaban J connectivity index is 2.24. The first-order valence-electron chi connectivity index (χ1n) is 8.49. The van der Waals surface area contributed by atoms with Gasteiger partial charge in [-0.2, -0.15) is 0 Å². The van der Waals surface area contributed by atoms with Gasteiger partial charge in [-0.1, -0.05) is 12.1 Å². The fourth-order valence-corrected chi connectivity index (χ4v) is 3.09. The Morgan fingerprint density at radius 2 is 1.48 bits per heavy atom. The van der Waals surface area contributed by atoms with E-state index in [2.05, 4.69) is 0 Å². The first-order valence-corrected chi connectivity index (χ1v) is 8.49. The van der Waals surface area contributed by atoms with Crippen LogP contribution >= 0.6 is 0 Å². The number of furan rings is 1. The molecule has 1 heterocycles. The Morgan fingerprint density at radius 3 is 2.12 bits per heavy atom. The average Bonchev–Trinajstić information content (AvgIpc) is 2.79. The molecule has 4 nitrogen and oxygen atoms in total. The van der Waals surface area contributed by atoms with Gasteiger partial charge in [0.2, 0.25) is 0 Å². The number of hydrogen-bond donors (Lipinski definition) is 0. The van der Waals surface area contributed by atoms with Gasteiger partial charge in [-0.25, -0.2) is 0 Å². The summed E-state index contributed by atoms with van der Waals surface area (Å²) in [6.07, 6.45) is 0. The second-order valence-electron chi connectivity index (χ2n) is 5.83. The molecule has 0 aliphatic carbocycles. The van der Waals surface area contributed by atoms with Crippen LogP contribution in [0.5, 0.6) is 11.5 Å². The van der Waals surface area contributed by atoms with E-state index in [0.29, 0.717) is 35.9 Å². The first-order chi connectivity index (χ1) is 12.0. The Labute approximate surface area is 147 Å². The zero-order valence-electron chi connectivity index (χ0n) is 15.0. The summed E-state index contributed by atoms with van der Waals surface area (Å²) in [5.41, 5.74) is 1.68. The van der Waals surface area contributed by atoms with Gasteiger partial charge < -0.3 is 13.9 Å². The SMILES string of the molecule is CCOc1ccc(-c2cc(OCC)c3c(C)oc(C)c3c(=O)c2)cc1. The minimum Gasteiger partial charge on any atom is -0.494 e. The van der Waals surface area contributed by atoms with E-state index in [1.165, 1.54) is 0 Å². The van der Waals surface area contributed by atoms with E-state index in [0.717, 1.165) is 22.3 Å². The smallest absolute Gasteiger partial charge is 0.190 e. The van der Waals surface area contributed by atoms with E-state index in [1.807, 2.05) is 58.0 Å². The van der Waals surface area contributed by atoms with E-state index in [4.69, 9.17) is 13.9 Å². The van der Waals surface area contributed by atoms with Gasteiger partial charge in [0.1, 0.15) is 23.0 Å². The quantitative estimate of drug-likeness (QED) is 0.665. The lowest BCUT2D eigenvalue weighted by Crippen LogP contribution is -1.96. The van der Waals surface area contributed by atoms with Gasteiger partial charge in [0.05, 0.1) is 24.0 Å². The molecule has 0 amide bonds. The number of hydrogen-bond acceptors (Lipinski definition) is 4. The van der Waals surface area contributed by atoms with Crippen molar-refractivity contribution in [3.05, 3.63) is 58.1 Å². The maximum atomic E-state index is 12.8. The Bertz CT molecular complexity index is 952. The molecule has 0 unspecified atom stereocenters. The highest BCUT2D eigenvalue weighted by atomic mass is 16.5. The first kappa shape index (κ1) is 17.1. The van der Waals surface area contributed by atoms with E-state index < -0.39 is 0 Å². The van der Waals surface area contributed by atoms with Crippen molar-refractivity contribution in [3.8, 4) is 22.6 Å². The summed E-state index contributed by atoms with van der Waals surface area (Å²) in [7, 11) is 0. The standard InChI is InChI=1S/C21H22O4/c1-5-23-17-9-7-15(8-10-17)16-11-18(22)20-13(3)25-14(4)21(20)19(12-16)24-6-2/h7-12H,5-6H2,1-4H3. The van der Waals surface area contributed by atoms with E-state index in [9.17, 15) is 4.79 Å². The molecular weight excluding hydrogens is 316 g/mol. The van der Waals surface area contributed by atoms with Crippen molar-refractivity contribution in [3.63, 3.8) is 0 Å². The van der Waals surface area contributed by atoms with Gasteiger partial charge in [0.25, 0.3) is 0 Å². The maximum absolute atomic E-state index is 12.8. The molecule has 2 aromatic carbocycles. The van der Waals surface area contributed by atoms with Crippen LogP contribution in [0.25, 0.3) is 21.9 Å². The fourth-order valence-electron chi connectivity index (χ4n) is 3.09. The molecule has 0 saturated heterocycles. The zero-order valence-corrected chi connectivity index (χ0v) is 15.0. The summed E-state index contributed by atoms with van der Waals surface area (Å²) in [5, 5.41) is 1.33. The number of benzene rings is 1. The van der Waals surface area contributed by atoms with Crippen LogP contribution < -0.4 is 14.9 Å². The predicted octanol–water partition coefficient (Wildman–Crippen LogP) is 4.87. The zero-order chi connectivity index (χ0) is 18.0. The van der Waals surface area contributed by atoms with E-state index in [-0.39, 0.29) is 5.43 Å². The molecule has 0 aliphatic rings. The lowest BCUT2D eigenvalue weighted by atomic mass is 10.1. The Kier molecular flexibility index (Phi) is 4.79. The maximum Gasteiger partial charge on any atom is 0.190 e. The molecule has 1 aromatic heterocycles. The van der Waals surface area contributed by atoms with Crippen molar-refractivity contribution < 1.29 is 13.9 Å². The van der Waals surface area contributed by atoms with E-state index >= 15 is 0 Å². The van der Waals surface area contributed by atoms with Gasteiger partial charge >= 0.3 is 0 Å². The summed E-state index contributed by atoms with van der Waals surface area (Å²) >= 11 is 0. The fraction of sp³-hybridized carbons (Fsp3) is 0.286. The van der Waals surface area contributed by atoms with Crippen LogP contribution in [0.15, 0.2) is 45.6 Å². The molecule has 0 radical (unpaired) electrons. The van der Waals surface area contributed by atoms with Gasteiger partial charge in [0.15, 0.2) is 5.43 Å². The molecular formula is C21H22O4. The molecule has 0 bridgehead atoms. The highest BCUT2D eigenvalue weighted by Crippen LogP contribution is 2.33. The number of fused-ring (bicyclic) bond motifs is 1. The van der Waals surface area contributed by atoms with Crippen LogP contribution in [0.4, 0.5) is 0 Å². The Morgan fingerprint density at radius 1 is 0.840 bits per heavy atom. The monoisotopic (exact) mass is 338 g/mol. The molecule has 130 valence electrons. The second kappa shape index (κ2) is 7.01. The highest BCUT2D eigenvalue weighted by Gasteiger charge is 2.16. The molecule has 0 saturated carbocycles. The molecule has 0 N–H and O–H groups in total. The molecule has 0 spiro atoms. The van der Waals surface area contributed by atoms with Gasteiger partial charge in [-0.15, -0.1) is 0 Å². The van der Waals surface area contributed by atoms with Crippen molar-refractivity contribution in [2.45, 2.75) is 27.7 Å². The Hall–Kier alpha value is -2.75. The topological polar surface area (TPSA) is 48.7 Å². The lowest BCUT2D eigenvalue weighted by Gasteiger charge is -2.06. The van der Waals surface area contributed by atoms with Crippen molar-refractivity contribution in [1.29, 1.82) is 0 Å². The number of aryl methyl sites for hydroxylation is 2. The van der Waals surface area contributed by atoms with Crippen LogP contribution in [0.1, 0.15) is 25.4 Å². The average molecular weight is 338 g/mol. The predicted molar refractivity (Wildman–Crippen MR) is 99.7 cm³/mol. The van der Waals surface area contributed by atoms with Gasteiger partial charge in [0, 0.05) is 0 Å². The number of rotatable bonds is 5. The third-order valence-electron chi connectivity index (χ3n) is 4.12. The van der Waals surface area contributed by atoms with E-state index in [1.54, 1.807) is 6.07 Å². The minimum atomic E-state index is -0.0702. The lowest BCUT2D eigenvalue weighted by molar-refractivity contribution is 0.340. The summed E-state index contributed by atoms with van der Waals surface area (Å²) in [4.78, 5) is 12.8. The van der Waals surface area contributed by atoms with Crippen molar-refractivity contribution in [2.24, 2.45) is 0 Å². The molecule has 4 heteroatoms. The van der Waals surface area contributed by atoms with Gasteiger partial charge in [-0.05, 0) is 63.1 Å². The number of ether oxygens (including phenoxy) is 2. The minimum absolute atomic E-state index is 0.0702. The van der Waals surface area contributed by atoms with Crippen LogP contribution in [0.3, 0.4) is 0 Å². The van der Waals surface area contributed by atoms with Crippen LogP contribution in [-0.4, -0.2) is 13.2 Å². The van der Waals surface area contributed by atoms with Crippen molar-refractivity contribution >= 4 is 10.8 Å². The summed E-state index contributed by atoms with van der Waals surface area (Å²) in [6.45, 7) is 8.67. The molecule has 0 atom stereocenters.